The van der Waals surface area contributed by atoms with Crippen LogP contribution in [-0.4, -0.2) is 5.71 Å². The van der Waals surface area contributed by atoms with Gasteiger partial charge in [-0.1, -0.05) is 85.3 Å². The van der Waals surface area contributed by atoms with Gasteiger partial charge in [0.25, 0.3) is 0 Å². The Labute approximate surface area is 173 Å². The zero-order valence-corrected chi connectivity index (χ0v) is 16.9. The van der Waals surface area contributed by atoms with Gasteiger partial charge in [0.2, 0.25) is 0 Å². The second-order valence-electron chi connectivity index (χ2n) is 8.29. The van der Waals surface area contributed by atoms with Crippen molar-refractivity contribution >= 4 is 5.71 Å². The monoisotopic (exact) mass is 380 g/mol. The van der Waals surface area contributed by atoms with Crippen LogP contribution in [0.3, 0.4) is 0 Å². The molecule has 0 bridgehead atoms. The molecule has 29 heavy (non-hydrogen) atoms. The molecule has 2 aliphatic rings. The number of fused-ring (bicyclic) bond motifs is 3. The molecule has 2 nitrogen and oxygen atoms in total. The second-order valence-corrected chi connectivity index (χ2v) is 8.29. The summed E-state index contributed by atoms with van der Waals surface area (Å²) in [5.74, 6) is 0.395. The molecule has 0 amide bonds. The fourth-order valence-corrected chi connectivity index (χ4v) is 4.94. The van der Waals surface area contributed by atoms with E-state index in [4.69, 9.17) is 5.10 Å². The van der Waals surface area contributed by atoms with Crippen LogP contribution < -0.4 is 5.43 Å². The first-order valence-corrected chi connectivity index (χ1v) is 10.9. The zero-order chi connectivity index (χ0) is 19.5. The number of hydrogen-bond acceptors (Lipinski definition) is 2. The Hall–Kier alpha value is -2.87. The molecule has 5 rings (SSSR count). The van der Waals surface area contributed by atoms with Gasteiger partial charge in [-0.05, 0) is 59.9 Å². The Morgan fingerprint density at radius 1 is 0.724 bits per heavy atom. The summed E-state index contributed by atoms with van der Waals surface area (Å²) in [6.07, 6.45) is 7.19. The van der Waals surface area contributed by atoms with Crippen LogP contribution in [0.15, 0.2) is 84.0 Å². The fraction of sp³-hybridized carbons (Fsp3) is 0.296. The maximum Gasteiger partial charge on any atom is 0.0698 e. The van der Waals surface area contributed by atoms with E-state index < -0.39 is 0 Å². The molecule has 0 aromatic heterocycles. The number of benzene rings is 3. The average Bonchev–Trinajstić information content (AvgIpc) is 3.12. The van der Waals surface area contributed by atoms with Gasteiger partial charge < -0.3 is 5.43 Å². The van der Waals surface area contributed by atoms with Crippen molar-refractivity contribution in [1.29, 1.82) is 0 Å². The van der Waals surface area contributed by atoms with Crippen molar-refractivity contribution in [3.63, 3.8) is 0 Å². The maximum atomic E-state index is 4.88. The van der Waals surface area contributed by atoms with Crippen LogP contribution in [0.25, 0.3) is 11.1 Å². The molecule has 2 heteroatoms. The van der Waals surface area contributed by atoms with Crippen LogP contribution in [-0.2, 0) is 0 Å². The van der Waals surface area contributed by atoms with Crippen LogP contribution in [0.5, 0.6) is 0 Å². The van der Waals surface area contributed by atoms with Crippen LogP contribution in [0.2, 0.25) is 0 Å². The highest BCUT2D eigenvalue weighted by molar-refractivity contribution is 5.84. The smallest absolute Gasteiger partial charge is 0.0698 e. The van der Waals surface area contributed by atoms with E-state index in [2.05, 4.69) is 84.3 Å². The van der Waals surface area contributed by atoms with E-state index in [9.17, 15) is 0 Å². The normalized spacial score (nSPS) is 16.8. The predicted octanol–water partition coefficient (Wildman–Crippen LogP) is 6.84. The lowest BCUT2D eigenvalue weighted by molar-refractivity contribution is 0.490. The van der Waals surface area contributed by atoms with Gasteiger partial charge in [-0.2, -0.15) is 5.10 Å². The molecule has 0 heterocycles. The first kappa shape index (κ1) is 18.2. The van der Waals surface area contributed by atoms with Crippen molar-refractivity contribution in [2.75, 3.05) is 0 Å². The summed E-state index contributed by atoms with van der Waals surface area (Å²) >= 11 is 0. The summed E-state index contributed by atoms with van der Waals surface area (Å²) in [6.45, 7) is 0. The molecular weight excluding hydrogens is 352 g/mol. The summed E-state index contributed by atoms with van der Waals surface area (Å²) in [5.41, 5.74) is 11.9. The number of hydrazone groups is 1. The van der Waals surface area contributed by atoms with Crippen LogP contribution in [0.4, 0.5) is 0 Å². The van der Waals surface area contributed by atoms with E-state index in [-0.39, 0.29) is 6.04 Å². The third kappa shape index (κ3) is 3.72. The summed E-state index contributed by atoms with van der Waals surface area (Å²) in [7, 11) is 0. The van der Waals surface area contributed by atoms with E-state index in [0.717, 1.165) is 19.3 Å². The van der Waals surface area contributed by atoms with Crippen LogP contribution in [0, 0.1) is 0 Å². The van der Waals surface area contributed by atoms with Gasteiger partial charge >= 0.3 is 0 Å². The summed E-state index contributed by atoms with van der Waals surface area (Å²) < 4.78 is 0. The van der Waals surface area contributed by atoms with Crippen molar-refractivity contribution in [3.05, 3.63) is 95.6 Å². The molecule has 1 N–H and O–H groups in total. The predicted molar refractivity (Wildman–Crippen MR) is 121 cm³/mol. The third-order valence-corrected chi connectivity index (χ3v) is 6.45. The van der Waals surface area contributed by atoms with Gasteiger partial charge in [-0.25, -0.2) is 0 Å². The van der Waals surface area contributed by atoms with Crippen molar-refractivity contribution in [2.45, 2.75) is 50.5 Å². The fourth-order valence-electron chi connectivity index (χ4n) is 4.94. The molecule has 1 saturated carbocycles. The molecule has 1 fully saturated rings. The Morgan fingerprint density at radius 2 is 1.31 bits per heavy atom. The minimum Gasteiger partial charge on any atom is -0.303 e. The number of hydrogen-bond donors (Lipinski definition) is 1. The lowest BCUT2D eigenvalue weighted by atomic mass is 9.88. The summed E-state index contributed by atoms with van der Waals surface area (Å²) in [6, 6.07) is 28.8. The molecular formula is C27H28N2. The minimum atomic E-state index is 0.204. The highest BCUT2D eigenvalue weighted by atomic mass is 15.3. The molecule has 0 radical (unpaired) electrons. The van der Waals surface area contributed by atoms with E-state index in [1.807, 2.05) is 0 Å². The van der Waals surface area contributed by atoms with Gasteiger partial charge in [0.15, 0.2) is 0 Å². The number of nitrogens with one attached hydrogen (secondary N) is 1. The summed E-state index contributed by atoms with van der Waals surface area (Å²) in [4.78, 5) is 0. The first-order chi connectivity index (χ1) is 14.4. The molecule has 3 aromatic rings. The highest BCUT2D eigenvalue weighted by Crippen LogP contribution is 2.48. The third-order valence-electron chi connectivity index (χ3n) is 6.45. The average molecular weight is 381 g/mol. The Balaban J connectivity index is 1.47. The van der Waals surface area contributed by atoms with Crippen molar-refractivity contribution in [2.24, 2.45) is 5.10 Å². The lowest BCUT2D eigenvalue weighted by Gasteiger charge is -2.24. The highest BCUT2D eigenvalue weighted by Gasteiger charge is 2.30. The van der Waals surface area contributed by atoms with E-state index in [1.54, 1.807) is 0 Å². The Kier molecular flexibility index (Phi) is 5.17. The van der Waals surface area contributed by atoms with Crippen LogP contribution >= 0.6 is 0 Å². The molecule has 0 aliphatic heterocycles. The quantitative estimate of drug-likeness (QED) is 0.481. The van der Waals surface area contributed by atoms with Gasteiger partial charge in [0, 0.05) is 11.6 Å². The van der Waals surface area contributed by atoms with Crippen molar-refractivity contribution < 1.29 is 0 Å². The SMILES string of the molecule is c1ccc(C(CC2c3ccccc3-c3ccccc32)NN=C2CCCCC2)cc1. The van der Waals surface area contributed by atoms with Gasteiger partial charge in [-0.15, -0.1) is 0 Å². The van der Waals surface area contributed by atoms with E-state index >= 15 is 0 Å². The molecule has 0 saturated heterocycles. The largest absolute Gasteiger partial charge is 0.303 e. The molecule has 146 valence electrons. The number of rotatable bonds is 5. The van der Waals surface area contributed by atoms with Gasteiger partial charge in [0.05, 0.1) is 6.04 Å². The van der Waals surface area contributed by atoms with Crippen molar-refractivity contribution in [3.8, 4) is 11.1 Å². The Bertz CT molecular complexity index is 952. The molecule has 3 aromatic carbocycles. The molecule has 0 spiro atoms. The van der Waals surface area contributed by atoms with Crippen LogP contribution in [0.1, 0.15) is 67.2 Å². The zero-order valence-electron chi connectivity index (χ0n) is 16.9. The van der Waals surface area contributed by atoms with E-state index in [1.165, 1.54) is 52.8 Å². The van der Waals surface area contributed by atoms with Gasteiger partial charge in [-0.3, -0.25) is 0 Å². The lowest BCUT2D eigenvalue weighted by Crippen LogP contribution is -2.21. The summed E-state index contributed by atoms with van der Waals surface area (Å²) in [5, 5.41) is 4.88. The van der Waals surface area contributed by atoms with E-state index in [0.29, 0.717) is 5.92 Å². The maximum absolute atomic E-state index is 4.88. The standard InChI is InChI=1S/C27H28N2/c1-3-11-20(12-4-1)27(29-28-21-13-5-2-6-14-21)19-26-24-17-9-7-15-22(24)23-16-8-10-18-25(23)26/h1,3-4,7-12,15-18,26-27,29H,2,5-6,13-14,19H2. The van der Waals surface area contributed by atoms with Gasteiger partial charge in [0.1, 0.15) is 0 Å². The molecule has 1 unspecified atom stereocenters. The first-order valence-electron chi connectivity index (χ1n) is 10.9. The molecule has 1 atom stereocenters. The topological polar surface area (TPSA) is 24.4 Å². The molecule has 2 aliphatic carbocycles. The minimum absolute atomic E-state index is 0.204. The second kappa shape index (κ2) is 8.24. The van der Waals surface area contributed by atoms with Crippen molar-refractivity contribution in [1.82, 2.24) is 5.43 Å². The Morgan fingerprint density at radius 3 is 1.97 bits per heavy atom. The number of nitrogens with zero attached hydrogens (tertiary/aromatic N) is 1.